The van der Waals surface area contributed by atoms with Crippen LogP contribution in [0.1, 0.15) is 38.5 Å². The van der Waals surface area contributed by atoms with E-state index in [4.69, 9.17) is 11.6 Å². The van der Waals surface area contributed by atoms with Crippen molar-refractivity contribution in [2.45, 2.75) is 43.8 Å². The lowest BCUT2D eigenvalue weighted by atomic mass is 9.99. The largest absolute Gasteiger partial charge is 0.326 e. The molecule has 2 aliphatic rings. The second kappa shape index (κ2) is 8.49. The summed E-state index contributed by atoms with van der Waals surface area (Å²) < 4.78 is 0. The van der Waals surface area contributed by atoms with E-state index < -0.39 is 5.25 Å². The van der Waals surface area contributed by atoms with Gasteiger partial charge >= 0.3 is 0 Å². The molecule has 0 spiro atoms. The topological polar surface area (TPSA) is 82.9 Å². The molecule has 1 heterocycles. The van der Waals surface area contributed by atoms with Gasteiger partial charge in [-0.25, -0.2) is 0 Å². The summed E-state index contributed by atoms with van der Waals surface area (Å²) in [5.41, 5.74) is 1.73. The zero-order valence-corrected chi connectivity index (χ0v) is 15.2. The summed E-state index contributed by atoms with van der Waals surface area (Å²) in [6.45, 7) is 0. The van der Waals surface area contributed by atoms with Crippen LogP contribution in [-0.4, -0.2) is 27.9 Å². The van der Waals surface area contributed by atoms with Gasteiger partial charge in [0.15, 0.2) is 5.17 Å². The van der Waals surface area contributed by atoms with Crippen molar-refractivity contribution >= 4 is 51.7 Å². The fourth-order valence-corrected chi connectivity index (χ4v) is 3.72. The fourth-order valence-electron chi connectivity index (χ4n) is 2.68. The van der Waals surface area contributed by atoms with E-state index in [0.29, 0.717) is 15.9 Å². The van der Waals surface area contributed by atoms with E-state index in [1.54, 1.807) is 24.3 Å². The fraction of sp³-hybridized carbons (Fsp3) is 0.412. The number of rotatable bonds is 4. The summed E-state index contributed by atoms with van der Waals surface area (Å²) in [5.74, 6) is -0.436. The van der Waals surface area contributed by atoms with Gasteiger partial charge in [0.2, 0.25) is 11.8 Å². The third kappa shape index (κ3) is 5.31. The van der Waals surface area contributed by atoms with Gasteiger partial charge in [-0.2, -0.15) is 5.10 Å². The molecule has 1 saturated heterocycles. The van der Waals surface area contributed by atoms with E-state index in [1.165, 1.54) is 18.2 Å². The van der Waals surface area contributed by atoms with Crippen molar-refractivity contribution in [1.82, 2.24) is 5.32 Å². The maximum atomic E-state index is 12.1. The number of hydrogen-bond donors (Lipinski definition) is 2. The number of carbonyl (C=O) groups excluding carboxylic acids is 2. The standard InChI is InChI=1S/C17H19ClN4O2S/c18-11-6-8-12(9-7-11)19-15(23)10-14-16(24)20-17(25-14)22-21-13-4-2-1-3-5-13/h6-9,14H,1-5,10H2,(H,19,23)(H,20,22,24). The highest BCUT2D eigenvalue weighted by Crippen LogP contribution is 2.24. The molecule has 1 aliphatic heterocycles. The molecular weight excluding hydrogens is 360 g/mol. The van der Waals surface area contributed by atoms with E-state index in [2.05, 4.69) is 20.8 Å². The van der Waals surface area contributed by atoms with Crippen molar-refractivity contribution < 1.29 is 9.59 Å². The molecule has 1 aliphatic carbocycles. The van der Waals surface area contributed by atoms with Gasteiger partial charge in [0.05, 0.1) is 0 Å². The van der Waals surface area contributed by atoms with Gasteiger partial charge in [-0.15, -0.1) is 5.10 Å². The Balaban J connectivity index is 1.53. The monoisotopic (exact) mass is 378 g/mol. The highest BCUT2D eigenvalue weighted by Gasteiger charge is 2.32. The van der Waals surface area contributed by atoms with Crippen LogP contribution >= 0.6 is 23.4 Å². The van der Waals surface area contributed by atoms with E-state index in [9.17, 15) is 9.59 Å². The predicted octanol–water partition coefficient (Wildman–Crippen LogP) is 3.58. The van der Waals surface area contributed by atoms with E-state index in [1.807, 2.05) is 0 Å². The molecule has 2 fully saturated rings. The van der Waals surface area contributed by atoms with Gasteiger partial charge in [-0.05, 0) is 49.9 Å². The number of amidine groups is 1. The number of halogens is 1. The number of amides is 2. The Kier molecular flexibility index (Phi) is 6.09. The zero-order valence-electron chi connectivity index (χ0n) is 13.6. The molecule has 3 rings (SSSR count). The van der Waals surface area contributed by atoms with Crippen LogP contribution in [0, 0.1) is 0 Å². The minimum atomic E-state index is -0.488. The maximum Gasteiger partial charge on any atom is 0.240 e. The van der Waals surface area contributed by atoms with E-state index in [0.717, 1.165) is 31.4 Å². The lowest BCUT2D eigenvalue weighted by molar-refractivity contribution is -0.122. The van der Waals surface area contributed by atoms with Crippen LogP contribution in [0.2, 0.25) is 5.02 Å². The van der Waals surface area contributed by atoms with Crippen LogP contribution in [0.3, 0.4) is 0 Å². The Bertz CT molecular complexity index is 710. The first-order valence-corrected chi connectivity index (χ1v) is 9.52. The van der Waals surface area contributed by atoms with Gasteiger partial charge < -0.3 is 10.6 Å². The third-order valence-corrected chi connectivity index (χ3v) is 5.31. The molecule has 2 N–H and O–H groups in total. The molecule has 1 saturated carbocycles. The first-order chi connectivity index (χ1) is 12.1. The summed E-state index contributed by atoms with van der Waals surface area (Å²) in [7, 11) is 0. The highest BCUT2D eigenvalue weighted by molar-refractivity contribution is 8.15. The maximum absolute atomic E-state index is 12.1. The number of hydrogen-bond acceptors (Lipinski definition) is 5. The average Bonchev–Trinajstić information content (AvgIpc) is 2.96. The molecule has 1 aromatic rings. The number of thioether (sulfide) groups is 1. The lowest BCUT2D eigenvalue weighted by Crippen LogP contribution is -2.28. The zero-order chi connectivity index (χ0) is 17.6. The predicted molar refractivity (Wildman–Crippen MR) is 102 cm³/mol. The molecule has 132 valence electrons. The highest BCUT2D eigenvalue weighted by atomic mass is 35.5. The van der Waals surface area contributed by atoms with Gasteiger partial charge in [0.1, 0.15) is 5.25 Å². The normalized spacial score (nSPS) is 22.0. The first kappa shape index (κ1) is 17.9. The van der Waals surface area contributed by atoms with E-state index in [-0.39, 0.29) is 18.2 Å². The van der Waals surface area contributed by atoms with Gasteiger partial charge in [-0.1, -0.05) is 29.8 Å². The molecule has 1 atom stereocenters. The average molecular weight is 379 g/mol. The van der Waals surface area contributed by atoms with Crippen molar-refractivity contribution in [3.63, 3.8) is 0 Å². The number of benzene rings is 1. The molecular formula is C17H19ClN4O2S. The molecule has 2 amide bonds. The molecule has 25 heavy (non-hydrogen) atoms. The summed E-state index contributed by atoms with van der Waals surface area (Å²) in [6, 6.07) is 6.83. The van der Waals surface area contributed by atoms with Crippen LogP contribution in [-0.2, 0) is 9.59 Å². The number of anilines is 1. The first-order valence-electron chi connectivity index (χ1n) is 8.26. The molecule has 0 aromatic heterocycles. The van der Waals surface area contributed by atoms with Crippen molar-refractivity contribution in [2.75, 3.05) is 5.32 Å². The SMILES string of the molecule is O=C(CC1S/C(=N/N=C2CCCCC2)NC1=O)Nc1ccc(Cl)cc1. The van der Waals surface area contributed by atoms with Gasteiger partial charge in [0, 0.05) is 22.8 Å². The molecule has 1 unspecified atom stereocenters. The summed E-state index contributed by atoms with van der Waals surface area (Å²) in [4.78, 5) is 24.1. The van der Waals surface area contributed by atoms with Crippen molar-refractivity contribution in [3.05, 3.63) is 29.3 Å². The summed E-state index contributed by atoms with van der Waals surface area (Å²) in [5, 5.41) is 14.4. The number of carbonyl (C=O) groups is 2. The van der Waals surface area contributed by atoms with Crippen LogP contribution in [0.4, 0.5) is 5.69 Å². The molecule has 8 heteroatoms. The summed E-state index contributed by atoms with van der Waals surface area (Å²) in [6.07, 6.45) is 5.57. The second-order valence-corrected chi connectivity index (χ2v) is 7.61. The van der Waals surface area contributed by atoms with Gasteiger partial charge in [0.25, 0.3) is 0 Å². The van der Waals surface area contributed by atoms with E-state index >= 15 is 0 Å². The molecule has 1 aromatic carbocycles. The Labute approximate surface area is 155 Å². The van der Waals surface area contributed by atoms with Crippen LogP contribution < -0.4 is 10.6 Å². The van der Waals surface area contributed by atoms with Crippen LogP contribution in [0.15, 0.2) is 34.5 Å². The minimum absolute atomic E-state index is 0.0781. The Morgan fingerprint density at radius 1 is 1.20 bits per heavy atom. The second-order valence-electron chi connectivity index (χ2n) is 5.99. The van der Waals surface area contributed by atoms with Crippen molar-refractivity contribution in [1.29, 1.82) is 0 Å². The van der Waals surface area contributed by atoms with Gasteiger partial charge in [-0.3, -0.25) is 9.59 Å². The summed E-state index contributed by atoms with van der Waals surface area (Å²) >= 11 is 7.06. The number of nitrogens with zero attached hydrogens (tertiary/aromatic N) is 2. The smallest absolute Gasteiger partial charge is 0.240 e. The molecule has 0 radical (unpaired) electrons. The van der Waals surface area contributed by atoms with Crippen molar-refractivity contribution in [3.8, 4) is 0 Å². The molecule has 6 nitrogen and oxygen atoms in total. The Morgan fingerprint density at radius 3 is 2.64 bits per heavy atom. The number of nitrogens with one attached hydrogen (secondary N) is 2. The van der Waals surface area contributed by atoms with Crippen molar-refractivity contribution in [2.24, 2.45) is 10.2 Å². The van der Waals surface area contributed by atoms with Crippen LogP contribution in [0.5, 0.6) is 0 Å². The quantitative estimate of drug-likeness (QED) is 0.785. The molecule has 0 bridgehead atoms. The Morgan fingerprint density at radius 2 is 1.92 bits per heavy atom. The Hall–Kier alpha value is -1.86. The third-order valence-electron chi connectivity index (χ3n) is 3.99. The van der Waals surface area contributed by atoms with Crippen LogP contribution in [0.25, 0.3) is 0 Å². The minimum Gasteiger partial charge on any atom is -0.326 e. The lowest BCUT2D eigenvalue weighted by Gasteiger charge is -2.10.